The molecule has 0 atom stereocenters. The number of rotatable bonds is 7. The van der Waals surface area contributed by atoms with Gasteiger partial charge >= 0.3 is 11.9 Å². The normalized spacial score (nSPS) is 10.7. The Morgan fingerprint density at radius 1 is 0.793 bits per heavy atom. The van der Waals surface area contributed by atoms with Gasteiger partial charge in [-0.25, -0.2) is 22.8 Å². The van der Waals surface area contributed by atoms with Gasteiger partial charge in [-0.3, -0.25) is 0 Å². The summed E-state index contributed by atoms with van der Waals surface area (Å²) < 4.78 is 51.1. The molecule has 3 rings (SSSR count). The van der Waals surface area contributed by atoms with Gasteiger partial charge in [-0.2, -0.15) is 0 Å². The molecule has 0 unspecified atom stereocenters. The molecule has 0 amide bonds. The first-order valence-corrected chi connectivity index (χ1v) is 8.17. The third-order valence-corrected chi connectivity index (χ3v) is 3.96. The molecule has 2 N–H and O–H groups in total. The van der Waals surface area contributed by atoms with Crippen molar-refractivity contribution in [1.29, 1.82) is 0 Å². The van der Waals surface area contributed by atoms with Crippen molar-refractivity contribution < 1.29 is 42.4 Å². The summed E-state index contributed by atoms with van der Waals surface area (Å²) in [6, 6.07) is 8.81. The SMILES string of the molecule is O=C(O)COc1ccc2c(OCC(=O)O)ccc(-c3cc(F)c(F)c(F)c3)c2c1. The Morgan fingerprint density at radius 2 is 1.41 bits per heavy atom. The number of hydrogen-bond acceptors (Lipinski definition) is 4. The van der Waals surface area contributed by atoms with E-state index in [1.807, 2.05) is 0 Å². The van der Waals surface area contributed by atoms with E-state index >= 15 is 0 Å². The fourth-order valence-corrected chi connectivity index (χ4v) is 2.76. The molecule has 9 heteroatoms. The van der Waals surface area contributed by atoms with Gasteiger partial charge in [-0.15, -0.1) is 0 Å². The van der Waals surface area contributed by atoms with E-state index < -0.39 is 42.6 Å². The Labute approximate surface area is 161 Å². The number of ether oxygens (including phenoxy) is 2. The van der Waals surface area contributed by atoms with E-state index in [4.69, 9.17) is 19.7 Å². The molecule has 0 saturated heterocycles. The van der Waals surface area contributed by atoms with Gasteiger partial charge in [0.05, 0.1) is 0 Å². The Balaban J connectivity index is 2.17. The monoisotopic (exact) mass is 406 g/mol. The van der Waals surface area contributed by atoms with E-state index in [0.29, 0.717) is 10.8 Å². The summed E-state index contributed by atoms with van der Waals surface area (Å²) >= 11 is 0. The number of aliphatic carboxylic acids is 2. The zero-order chi connectivity index (χ0) is 21.1. The zero-order valence-electron chi connectivity index (χ0n) is 14.6. The molecule has 0 saturated carbocycles. The highest BCUT2D eigenvalue weighted by Crippen LogP contribution is 2.37. The maximum absolute atomic E-state index is 13.7. The maximum Gasteiger partial charge on any atom is 0.341 e. The van der Waals surface area contributed by atoms with Crippen molar-refractivity contribution in [3.63, 3.8) is 0 Å². The summed E-state index contributed by atoms with van der Waals surface area (Å²) in [5, 5.41) is 18.3. The minimum Gasteiger partial charge on any atom is -0.482 e. The molecular formula is C20H13F3O6. The Kier molecular flexibility index (Phi) is 5.58. The average Bonchev–Trinajstić information content (AvgIpc) is 2.67. The van der Waals surface area contributed by atoms with Crippen LogP contribution < -0.4 is 9.47 Å². The summed E-state index contributed by atoms with van der Waals surface area (Å²) in [6.07, 6.45) is 0. The molecule has 0 aliphatic heterocycles. The molecule has 0 radical (unpaired) electrons. The quantitative estimate of drug-likeness (QED) is 0.579. The highest BCUT2D eigenvalue weighted by Gasteiger charge is 2.16. The number of fused-ring (bicyclic) bond motifs is 1. The number of benzene rings is 3. The lowest BCUT2D eigenvalue weighted by molar-refractivity contribution is -0.140. The molecule has 3 aromatic carbocycles. The van der Waals surface area contributed by atoms with Crippen LogP contribution in [-0.2, 0) is 9.59 Å². The first kappa shape index (κ1) is 20.0. The molecule has 0 aliphatic rings. The molecule has 29 heavy (non-hydrogen) atoms. The Hall–Kier alpha value is -3.75. The van der Waals surface area contributed by atoms with Crippen molar-refractivity contribution in [3.05, 3.63) is 59.9 Å². The molecule has 0 bridgehead atoms. The predicted molar refractivity (Wildman–Crippen MR) is 95.5 cm³/mol. The van der Waals surface area contributed by atoms with Gasteiger partial charge < -0.3 is 19.7 Å². The molecule has 150 valence electrons. The summed E-state index contributed by atoms with van der Waals surface area (Å²) in [6.45, 7) is -1.23. The second kappa shape index (κ2) is 8.09. The molecule has 6 nitrogen and oxygen atoms in total. The standard InChI is InChI=1S/C20H13F3O6/c21-15-5-10(6-16(22)20(15)23)12-3-4-17(29-9-19(26)27)13-2-1-11(7-14(12)13)28-8-18(24)25/h1-7H,8-9H2,(H,24,25)(H,26,27). The summed E-state index contributed by atoms with van der Waals surface area (Å²) in [5.41, 5.74) is 0.299. The molecule has 0 fully saturated rings. The van der Waals surface area contributed by atoms with Crippen molar-refractivity contribution in [1.82, 2.24) is 0 Å². The van der Waals surface area contributed by atoms with Crippen LogP contribution in [0.3, 0.4) is 0 Å². The second-order valence-electron chi connectivity index (χ2n) is 5.94. The van der Waals surface area contributed by atoms with Crippen LogP contribution in [0.5, 0.6) is 11.5 Å². The molecule has 0 aliphatic carbocycles. The summed E-state index contributed by atoms with van der Waals surface area (Å²) in [5.74, 6) is -6.43. The van der Waals surface area contributed by atoms with Gasteiger partial charge in [0, 0.05) is 5.39 Å². The first-order chi connectivity index (χ1) is 13.8. The first-order valence-electron chi connectivity index (χ1n) is 8.17. The van der Waals surface area contributed by atoms with Crippen molar-refractivity contribution in [2.45, 2.75) is 0 Å². The molecule has 0 aromatic heterocycles. The molecular weight excluding hydrogens is 393 g/mol. The van der Waals surface area contributed by atoms with Crippen LogP contribution in [0.25, 0.3) is 21.9 Å². The van der Waals surface area contributed by atoms with Crippen LogP contribution >= 0.6 is 0 Å². The van der Waals surface area contributed by atoms with Crippen molar-refractivity contribution >= 4 is 22.7 Å². The van der Waals surface area contributed by atoms with Crippen LogP contribution in [0.2, 0.25) is 0 Å². The lowest BCUT2D eigenvalue weighted by Crippen LogP contribution is -2.10. The minimum atomic E-state index is -1.61. The van der Waals surface area contributed by atoms with Gasteiger partial charge in [0.2, 0.25) is 0 Å². The minimum absolute atomic E-state index is 0.0200. The molecule has 0 heterocycles. The largest absolute Gasteiger partial charge is 0.482 e. The summed E-state index contributed by atoms with van der Waals surface area (Å²) in [7, 11) is 0. The lowest BCUT2D eigenvalue weighted by Gasteiger charge is -2.14. The van der Waals surface area contributed by atoms with Crippen LogP contribution in [0.4, 0.5) is 13.2 Å². The van der Waals surface area contributed by atoms with Crippen LogP contribution in [0.1, 0.15) is 0 Å². The van der Waals surface area contributed by atoms with Crippen LogP contribution in [-0.4, -0.2) is 35.4 Å². The van der Waals surface area contributed by atoms with Crippen molar-refractivity contribution in [2.75, 3.05) is 13.2 Å². The highest BCUT2D eigenvalue weighted by molar-refractivity contribution is 6.01. The van der Waals surface area contributed by atoms with E-state index in [-0.39, 0.29) is 22.6 Å². The summed E-state index contributed by atoms with van der Waals surface area (Å²) in [4.78, 5) is 21.5. The van der Waals surface area contributed by atoms with E-state index in [0.717, 1.165) is 12.1 Å². The van der Waals surface area contributed by atoms with Crippen LogP contribution in [0, 0.1) is 17.5 Å². The average molecular weight is 406 g/mol. The lowest BCUT2D eigenvalue weighted by atomic mass is 9.97. The van der Waals surface area contributed by atoms with Gasteiger partial charge in [-0.05, 0) is 52.9 Å². The number of carbonyl (C=O) groups is 2. The van der Waals surface area contributed by atoms with Crippen LogP contribution in [0.15, 0.2) is 42.5 Å². The Morgan fingerprint density at radius 3 is 2.03 bits per heavy atom. The zero-order valence-corrected chi connectivity index (χ0v) is 14.6. The predicted octanol–water partition coefficient (Wildman–Crippen LogP) is 3.85. The third-order valence-electron chi connectivity index (χ3n) is 3.96. The maximum atomic E-state index is 13.7. The highest BCUT2D eigenvalue weighted by atomic mass is 19.2. The van der Waals surface area contributed by atoms with Gasteiger partial charge in [0.25, 0.3) is 0 Å². The van der Waals surface area contributed by atoms with E-state index in [9.17, 15) is 22.8 Å². The van der Waals surface area contributed by atoms with Crippen molar-refractivity contribution in [2.24, 2.45) is 0 Å². The van der Waals surface area contributed by atoms with E-state index in [1.54, 1.807) is 0 Å². The fraction of sp³-hybridized carbons (Fsp3) is 0.100. The molecule has 0 spiro atoms. The van der Waals surface area contributed by atoms with E-state index in [1.165, 1.54) is 30.3 Å². The smallest absolute Gasteiger partial charge is 0.341 e. The number of carboxylic acid groups (broad SMARTS) is 2. The Bertz CT molecular complexity index is 1090. The van der Waals surface area contributed by atoms with Gasteiger partial charge in [0.15, 0.2) is 30.7 Å². The van der Waals surface area contributed by atoms with Gasteiger partial charge in [-0.1, -0.05) is 6.07 Å². The number of halogens is 3. The number of carboxylic acids is 2. The van der Waals surface area contributed by atoms with E-state index in [2.05, 4.69) is 0 Å². The molecule has 3 aromatic rings. The van der Waals surface area contributed by atoms with Gasteiger partial charge in [0.1, 0.15) is 11.5 Å². The third kappa shape index (κ3) is 4.40. The second-order valence-corrected chi connectivity index (χ2v) is 5.94. The fourth-order valence-electron chi connectivity index (χ4n) is 2.76. The van der Waals surface area contributed by atoms with Crippen molar-refractivity contribution in [3.8, 4) is 22.6 Å². The topological polar surface area (TPSA) is 93.1 Å². The number of hydrogen-bond donors (Lipinski definition) is 2.